The fraction of sp³-hybridized carbons (Fsp3) is 0.273. The van der Waals surface area contributed by atoms with E-state index in [1.54, 1.807) is 0 Å². The van der Waals surface area contributed by atoms with Crippen molar-refractivity contribution < 1.29 is 27.1 Å². The first-order valence-corrected chi connectivity index (χ1v) is 9.39. The second-order valence-electron chi connectivity index (χ2n) is 6.99. The van der Waals surface area contributed by atoms with Crippen molar-refractivity contribution in [2.24, 2.45) is 0 Å². The van der Waals surface area contributed by atoms with Crippen LogP contribution in [0.5, 0.6) is 0 Å². The van der Waals surface area contributed by atoms with Gasteiger partial charge in [0, 0.05) is 25.6 Å². The molecule has 0 saturated heterocycles. The summed E-state index contributed by atoms with van der Waals surface area (Å²) in [5.74, 6) is -1.08. The van der Waals surface area contributed by atoms with Crippen LogP contribution in [-0.2, 0) is 24.0 Å². The fourth-order valence-corrected chi connectivity index (χ4v) is 3.33. The smallest absolute Gasteiger partial charge is 0.383 e. The Morgan fingerprint density at radius 2 is 1.81 bits per heavy atom. The standard InChI is InChI=1S/C22H20F4N2O3/c1-13-17-8-5-15(22(24,25)26)11-18(17)28(9-10-31-2)21(30)19(13)20(29)27-12-14-3-6-16(23)7-4-14/h3-8,11H,9-10,12H2,1-2H3,(H,27,29). The number of nitrogens with zero attached hydrogens (tertiary/aromatic N) is 1. The summed E-state index contributed by atoms with van der Waals surface area (Å²) in [6.07, 6.45) is -4.57. The molecule has 0 atom stereocenters. The third-order valence-electron chi connectivity index (χ3n) is 4.97. The SMILES string of the molecule is COCCn1c(=O)c(C(=O)NCc2ccc(F)cc2)c(C)c2ccc(C(F)(F)F)cc21. The number of carbonyl (C=O) groups is 1. The maximum absolute atomic E-state index is 13.2. The van der Waals surface area contributed by atoms with Crippen LogP contribution in [0.25, 0.3) is 10.9 Å². The number of aromatic nitrogens is 1. The molecule has 5 nitrogen and oxygen atoms in total. The minimum Gasteiger partial charge on any atom is -0.383 e. The van der Waals surface area contributed by atoms with Crippen molar-refractivity contribution in [2.45, 2.75) is 26.2 Å². The molecule has 3 aromatic rings. The minimum atomic E-state index is -4.57. The predicted octanol–water partition coefficient (Wildman–Crippen LogP) is 4.04. The van der Waals surface area contributed by atoms with E-state index in [0.717, 1.165) is 16.7 Å². The maximum atomic E-state index is 13.2. The Hall–Kier alpha value is -3.20. The van der Waals surface area contributed by atoms with Crippen LogP contribution in [0.4, 0.5) is 17.6 Å². The second-order valence-corrected chi connectivity index (χ2v) is 6.99. The molecule has 3 rings (SSSR count). The van der Waals surface area contributed by atoms with Crippen LogP contribution in [-0.4, -0.2) is 24.2 Å². The summed E-state index contributed by atoms with van der Waals surface area (Å²) in [7, 11) is 1.40. The van der Waals surface area contributed by atoms with Crippen molar-refractivity contribution >= 4 is 16.8 Å². The van der Waals surface area contributed by atoms with Crippen LogP contribution in [0.1, 0.15) is 27.0 Å². The number of hydrogen-bond donors (Lipinski definition) is 1. The maximum Gasteiger partial charge on any atom is 0.416 e. The third-order valence-corrected chi connectivity index (χ3v) is 4.97. The van der Waals surface area contributed by atoms with Gasteiger partial charge < -0.3 is 14.6 Å². The number of aryl methyl sites for hydroxylation is 1. The molecule has 1 aromatic heterocycles. The first-order chi connectivity index (χ1) is 14.6. The van der Waals surface area contributed by atoms with Gasteiger partial charge in [0.1, 0.15) is 11.4 Å². The largest absolute Gasteiger partial charge is 0.416 e. The number of ether oxygens (including phenoxy) is 1. The lowest BCUT2D eigenvalue weighted by molar-refractivity contribution is -0.137. The molecule has 164 valence electrons. The van der Waals surface area contributed by atoms with Gasteiger partial charge in [-0.15, -0.1) is 0 Å². The molecule has 0 unspecified atom stereocenters. The fourth-order valence-electron chi connectivity index (χ4n) is 3.33. The summed E-state index contributed by atoms with van der Waals surface area (Å²) in [5.41, 5.74) is -0.784. The van der Waals surface area contributed by atoms with Crippen molar-refractivity contribution in [3.05, 3.63) is 80.9 Å². The van der Waals surface area contributed by atoms with Crippen LogP contribution in [0.3, 0.4) is 0 Å². The van der Waals surface area contributed by atoms with Gasteiger partial charge in [0.2, 0.25) is 0 Å². The number of rotatable bonds is 6. The number of carbonyl (C=O) groups excluding carboxylic acids is 1. The molecule has 1 heterocycles. The number of alkyl halides is 3. The number of amides is 1. The van der Waals surface area contributed by atoms with E-state index in [1.807, 2.05) is 0 Å². The molecule has 1 amide bonds. The predicted molar refractivity (Wildman–Crippen MR) is 107 cm³/mol. The molecular formula is C22H20F4N2O3. The second kappa shape index (κ2) is 8.89. The van der Waals surface area contributed by atoms with E-state index in [9.17, 15) is 27.2 Å². The molecule has 0 aliphatic heterocycles. The zero-order chi connectivity index (χ0) is 22.8. The van der Waals surface area contributed by atoms with Gasteiger partial charge >= 0.3 is 6.18 Å². The molecule has 1 N–H and O–H groups in total. The number of pyridine rings is 1. The van der Waals surface area contributed by atoms with Crippen molar-refractivity contribution in [3.8, 4) is 0 Å². The Labute approximate surface area is 175 Å². The Kier molecular flexibility index (Phi) is 6.45. The van der Waals surface area contributed by atoms with Gasteiger partial charge in [0.25, 0.3) is 11.5 Å². The summed E-state index contributed by atoms with van der Waals surface area (Å²) < 4.78 is 58.7. The lowest BCUT2D eigenvalue weighted by atomic mass is 10.0. The van der Waals surface area contributed by atoms with Crippen molar-refractivity contribution in [1.82, 2.24) is 9.88 Å². The molecule has 0 radical (unpaired) electrons. The highest BCUT2D eigenvalue weighted by Gasteiger charge is 2.31. The summed E-state index contributed by atoms with van der Waals surface area (Å²) in [4.78, 5) is 25.9. The van der Waals surface area contributed by atoms with Crippen LogP contribution in [0.2, 0.25) is 0 Å². The Morgan fingerprint density at radius 1 is 1.13 bits per heavy atom. The lowest BCUT2D eigenvalue weighted by Gasteiger charge is -2.17. The lowest BCUT2D eigenvalue weighted by Crippen LogP contribution is -2.35. The van der Waals surface area contributed by atoms with Gasteiger partial charge in [-0.25, -0.2) is 4.39 Å². The molecule has 0 aliphatic carbocycles. The van der Waals surface area contributed by atoms with E-state index in [0.29, 0.717) is 10.9 Å². The van der Waals surface area contributed by atoms with E-state index in [4.69, 9.17) is 4.74 Å². The van der Waals surface area contributed by atoms with Crippen LogP contribution in [0.15, 0.2) is 47.3 Å². The number of hydrogen-bond acceptors (Lipinski definition) is 3. The highest BCUT2D eigenvalue weighted by atomic mass is 19.4. The molecule has 0 aliphatic rings. The molecule has 9 heteroatoms. The summed E-state index contributed by atoms with van der Waals surface area (Å²) >= 11 is 0. The highest BCUT2D eigenvalue weighted by molar-refractivity contribution is 6.00. The number of methoxy groups -OCH3 is 1. The van der Waals surface area contributed by atoms with Gasteiger partial charge in [0.15, 0.2) is 0 Å². The van der Waals surface area contributed by atoms with Crippen molar-refractivity contribution in [1.29, 1.82) is 0 Å². The van der Waals surface area contributed by atoms with Crippen molar-refractivity contribution in [2.75, 3.05) is 13.7 Å². The van der Waals surface area contributed by atoms with E-state index < -0.39 is 29.0 Å². The first-order valence-electron chi connectivity index (χ1n) is 9.39. The highest BCUT2D eigenvalue weighted by Crippen LogP contribution is 2.32. The number of nitrogens with one attached hydrogen (secondary N) is 1. The minimum absolute atomic E-state index is 0.0222. The quantitative estimate of drug-likeness (QED) is 0.594. The monoisotopic (exact) mass is 436 g/mol. The van der Waals surface area contributed by atoms with Gasteiger partial charge in [0.05, 0.1) is 17.7 Å². The van der Waals surface area contributed by atoms with Gasteiger partial charge in [-0.1, -0.05) is 18.2 Å². The molecular weight excluding hydrogens is 416 g/mol. The third kappa shape index (κ3) is 4.77. The zero-order valence-corrected chi connectivity index (χ0v) is 16.8. The van der Waals surface area contributed by atoms with E-state index in [-0.39, 0.29) is 36.3 Å². The van der Waals surface area contributed by atoms with Gasteiger partial charge in [-0.2, -0.15) is 13.2 Å². The summed E-state index contributed by atoms with van der Waals surface area (Å²) in [5, 5.41) is 2.97. The Balaban J connectivity index is 2.07. The molecule has 0 spiro atoms. The van der Waals surface area contributed by atoms with Crippen LogP contribution < -0.4 is 10.9 Å². The summed E-state index contributed by atoms with van der Waals surface area (Å²) in [6, 6.07) is 8.57. The van der Waals surface area contributed by atoms with Crippen LogP contribution >= 0.6 is 0 Å². The average Bonchev–Trinajstić information content (AvgIpc) is 2.72. The molecule has 0 fully saturated rings. The van der Waals surface area contributed by atoms with Crippen LogP contribution in [0, 0.1) is 12.7 Å². The average molecular weight is 436 g/mol. The van der Waals surface area contributed by atoms with Gasteiger partial charge in [-0.05, 0) is 42.3 Å². The van der Waals surface area contributed by atoms with E-state index >= 15 is 0 Å². The normalized spacial score (nSPS) is 11.7. The molecule has 31 heavy (non-hydrogen) atoms. The zero-order valence-electron chi connectivity index (χ0n) is 16.8. The van der Waals surface area contributed by atoms with Gasteiger partial charge in [-0.3, -0.25) is 9.59 Å². The molecule has 0 bridgehead atoms. The Bertz CT molecular complexity index is 1170. The van der Waals surface area contributed by atoms with Crippen molar-refractivity contribution in [3.63, 3.8) is 0 Å². The molecule has 2 aromatic carbocycles. The number of fused-ring (bicyclic) bond motifs is 1. The van der Waals surface area contributed by atoms with E-state index in [1.165, 1.54) is 44.4 Å². The Morgan fingerprint density at radius 3 is 2.42 bits per heavy atom. The van der Waals surface area contributed by atoms with E-state index in [2.05, 4.69) is 5.32 Å². The molecule has 0 saturated carbocycles. The first kappa shape index (κ1) is 22.5. The number of halogens is 4. The number of benzene rings is 2. The summed E-state index contributed by atoms with van der Waals surface area (Å²) in [6.45, 7) is 1.63. The topological polar surface area (TPSA) is 60.3 Å².